The van der Waals surface area contributed by atoms with Gasteiger partial charge in [0.05, 0.1) is 6.61 Å². The van der Waals surface area contributed by atoms with Crippen LogP contribution in [0.2, 0.25) is 0 Å². The molecule has 3 atom stereocenters. The Balaban J connectivity index is 2.42. The number of esters is 1. The fourth-order valence-corrected chi connectivity index (χ4v) is 2.24. The summed E-state index contributed by atoms with van der Waals surface area (Å²) in [7, 11) is 0. The van der Waals surface area contributed by atoms with E-state index in [-0.39, 0.29) is 5.97 Å². The van der Waals surface area contributed by atoms with Crippen LogP contribution in [0.4, 0.5) is 0 Å². The van der Waals surface area contributed by atoms with Crippen LogP contribution in [0.5, 0.6) is 0 Å². The van der Waals surface area contributed by atoms with Gasteiger partial charge in [0.25, 0.3) is 0 Å². The van der Waals surface area contributed by atoms with Gasteiger partial charge in [-0.3, -0.25) is 4.79 Å². The van der Waals surface area contributed by atoms with E-state index in [1.54, 1.807) is 0 Å². The molecule has 0 radical (unpaired) electrons. The number of ether oxygens (including phenoxy) is 1. The fraction of sp³-hybridized carbons (Fsp3) is 0.909. The zero-order chi connectivity index (χ0) is 10.6. The van der Waals surface area contributed by atoms with E-state index >= 15 is 0 Å². The third-order valence-corrected chi connectivity index (χ3v) is 3.04. The minimum Gasteiger partial charge on any atom is -0.465 e. The van der Waals surface area contributed by atoms with Crippen molar-refractivity contribution in [3.8, 4) is 0 Å². The quantitative estimate of drug-likeness (QED) is 0.704. The van der Waals surface area contributed by atoms with Gasteiger partial charge < -0.3 is 10.5 Å². The third kappa shape index (κ3) is 2.98. The summed E-state index contributed by atoms with van der Waals surface area (Å²) in [6.45, 7) is 4.47. The van der Waals surface area contributed by atoms with Crippen molar-refractivity contribution in [2.75, 3.05) is 6.61 Å². The Bertz CT molecular complexity index is 194. The summed E-state index contributed by atoms with van der Waals surface area (Å²) in [6.07, 6.45) is 4.61. The molecule has 3 nitrogen and oxygen atoms in total. The smallest absolute Gasteiger partial charge is 0.323 e. The van der Waals surface area contributed by atoms with Crippen molar-refractivity contribution in [3.05, 3.63) is 0 Å². The Morgan fingerprint density at radius 1 is 1.57 bits per heavy atom. The van der Waals surface area contributed by atoms with Crippen molar-refractivity contribution < 1.29 is 9.53 Å². The van der Waals surface area contributed by atoms with Crippen molar-refractivity contribution in [1.29, 1.82) is 0 Å². The zero-order valence-electron chi connectivity index (χ0n) is 9.16. The Morgan fingerprint density at radius 3 is 2.86 bits per heavy atom. The third-order valence-electron chi connectivity index (χ3n) is 3.04. The van der Waals surface area contributed by atoms with Crippen molar-refractivity contribution in [2.45, 2.75) is 45.6 Å². The van der Waals surface area contributed by atoms with Crippen LogP contribution in [0.3, 0.4) is 0 Å². The molecule has 0 aliphatic heterocycles. The van der Waals surface area contributed by atoms with Gasteiger partial charge in [0.15, 0.2) is 0 Å². The summed E-state index contributed by atoms with van der Waals surface area (Å²) in [4.78, 5) is 11.4. The van der Waals surface area contributed by atoms with E-state index in [0.717, 1.165) is 12.8 Å². The molecule has 14 heavy (non-hydrogen) atoms. The van der Waals surface area contributed by atoms with Crippen LogP contribution in [0.1, 0.15) is 39.5 Å². The highest BCUT2D eigenvalue weighted by molar-refractivity contribution is 5.75. The Hall–Kier alpha value is -0.570. The summed E-state index contributed by atoms with van der Waals surface area (Å²) in [6, 6.07) is -0.405. The molecular weight excluding hydrogens is 178 g/mol. The van der Waals surface area contributed by atoms with Crippen molar-refractivity contribution in [1.82, 2.24) is 0 Å². The molecule has 3 unspecified atom stereocenters. The lowest BCUT2D eigenvalue weighted by molar-refractivity contribution is -0.146. The average molecular weight is 199 g/mol. The first-order valence-electron chi connectivity index (χ1n) is 5.57. The summed E-state index contributed by atoms with van der Waals surface area (Å²) in [5, 5.41) is 0. The topological polar surface area (TPSA) is 52.3 Å². The van der Waals surface area contributed by atoms with Gasteiger partial charge in [-0.2, -0.15) is 0 Å². The van der Waals surface area contributed by atoms with Crippen LogP contribution >= 0.6 is 0 Å². The number of hydrogen-bond donors (Lipinski definition) is 1. The maximum Gasteiger partial charge on any atom is 0.323 e. The molecule has 0 aromatic rings. The van der Waals surface area contributed by atoms with Crippen LogP contribution in [-0.2, 0) is 9.53 Å². The first kappa shape index (κ1) is 11.5. The van der Waals surface area contributed by atoms with Crippen LogP contribution in [-0.4, -0.2) is 18.6 Å². The Morgan fingerprint density at radius 2 is 2.29 bits per heavy atom. The minimum absolute atomic E-state index is 0.230. The largest absolute Gasteiger partial charge is 0.465 e. The second kappa shape index (κ2) is 5.35. The fourth-order valence-electron chi connectivity index (χ4n) is 2.24. The molecule has 0 heterocycles. The molecule has 0 amide bonds. The van der Waals surface area contributed by atoms with Crippen molar-refractivity contribution >= 4 is 5.97 Å². The van der Waals surface area contributed by atoms with E-state index < -0.39 is 6.04 Å². The van der Waals surface area contributed by atoms with Gasteiger partial charge in [-0.25, -0.2) is 0 Å². The van der Waals surface area contributed by atoms with Gasteiger partial charge in [-0.15, -0.1) is 0 Å². The predicted molar refractivity (Wildman–Crippen MR) is 55.7 cm³/mol. The first-order valence-corrected chi connectivity index (χ1v) is 5.57. The first-order chi connectivity index (χ1) is 6.65. The molecule has 0 aromatic carbocycles. The molecule has 1 fully saturated rings. The second-order valence-electron chi connectivity index (χ2n) is 4.31. The van der Waals surface area contributed by atoms with Gasteiger partial charge in [0.2, 0.25) is 0 Å². The molecule has 1 aliphatic rings. The summed E-state index contributed by atoms with van der Waals surface area (Å²) >= 11 is 0. The summed E-state index contributed by atoms with van der Waals surface area (Å²) in [5.41, 5.74) is 5.87. The number of carbonyl (C=O) groups is 1. The normalized spacial score (nSPS) is 29.6. The molecule has 82 valence electrons. The van der Waals surface area contributed by atoms with Gasteiger partial charge in [0.1, 0.15) is 6.04 Å². The van der Waals surface area contributed by atoms with Crippen LogP contribution in [0, 0.1) is 11.8 Å². The number of hydrogen-bond acceptors (Lipinski definition) is 3. The second-order valence-corrected chi connectivity index (χ2v) is 4.31. The average Bonchev–Trinajstić information content (AvgIpc) is 2.17. The molecule has 1 rings (SSSR count). The van der Waals surface area contributed by atoms with Crippen LogP contribution < -0.4 is 5.73 Å². The highest BCUT2D eigenvalue weighted by Gasteiger charge is 2.29. The monoisotopic (exact) mass is 199 g/mol. The summed E-state index contributed by atoms with van der Waals surface area (Å²) in [5.74, 6) is 0.804. The van der Waals surface area contributed by atoms with Crippen LogP contribution in [0.25, 0.3) is 0 Å². The van der Waals surface area contributed by atoms with E-state index in [1.165, 1.54) is 12.8 Å². The lowest BCUT2D eigenvalue weighted by Gasteiger charge is -2.29. The standard InChI is InChI=1S/C11H21NO2/c1-3-14-11(13)10(12)9-6-4-5-8(2)7-9/h8-10H,3-7,12H2,1-2H3. The van der Waals surface area contributed by atoms with Crippen LogP contribution in [0.15, 0.2) is 0 Å². The van der Waals surface area contributed by atoms with E-state index in [9.17, 15) is 4.79 Å². The Labute approximate surface area is 86.0 Å². The van der Waals surface area contributed by atoms with E-state index in [0.29, 0.717) is 18.4 Å². The number of nitrogens with two attached hydrogens (primary N) is 1. The van der Waals surface area contributed by atoms with Gasteiger partial charge in [-0.1, -0.05) is 19.8 Å². The van der Waals surface area contributed by atoms with Gasteiger partial charge >= 0.3 is 5.97 Å². The molecule has 0 aromatic heterocycles. The van der Waals surface area contributed by atoms with E-state index in [2.05, 4.69) is 6.92 Å². The molecule has 3 heteroatoms. The molecular formula is C11H21NO2. The maximum absolute atomic E-state index is 11.4. The van der Waals surface area contributed by atoms with Crippen molar-refractivity contribution in [3.63, 3.8) is 0 Å². The predicted octanol–water partition coefficient (Wildman–Crippen LogP) is 1.70. The molecule has 0 saturated heterocycles. The highest BCUT2D eigenvalue weighted by atomic mass is 16.5. The number of rotatable bonds is 3. The molecule has 1 saturated carbocycles. The highest BCUT2D eigenvalue weighted by Crippen LogP contribution is 2.30. The van der Waals surface area contributed by atoms with Gasteiger partial charge in [0, 0.05) is 0 Å². The zero-order valence-corrected chi connectivity index (χ0v) is 9.16. The van der Waals surface area contributed by atoms with E-state index in [4.69, 9.17) is 10.5 Å². The molecule has 0 bridgehead atoms. The van der Waals surface area contributed by atoms with Crippen molar-refractivity contribution in [2.24, 2.45) is 17.6 Å². The lowest BCUT2D eigenvalue weighted by atomic mass is 9.79. The molecule has 1 aliphatic carbocycles. The lowest BCUT2D eigenvalue weighted by Crippen LogP contribution is -2.41. The SMILES string of the molecule is CCOC(=O)C(N)C1CCCC(C)C1. The molecule has 0 spiro atoms. The maximum atomic E-state index is 11.4. The molecule has 2 N–H and O–H groups in total. The van der Waals surface area contributed by atoms with E-state index in [1.807, 2.05) is 6.92 Å². The van der Waals surface area contributed by atoms with Gasteiger partial charge in [-0.05, 0) is 31.6 Å². The minimum atomic E-state index is -0.405. The number of carbonyl (C=O) groups excluding carboxylic acids is 1. The summed E-state index contributed by atoms with van der Waals surface area (Å²) < 4.78 is 4.93. The Kier molecular flexibility index (Phi) is 4.39.